The second-order valence-corrected chi connectivity index (χ2v) is 6.36. The molecular weight excluding hydrogens is 282 g/mol. The van der Waals surface area contributed by atoms with Gasteiger partial charge in [-0.25, -0.2) is 0 Å². The Balaban J connectivity index is 1.79. The van der Waals surface area contributed by atoms with Gasteiger partial charge in [-0.3, -0.25) is 9.97 Å². The molecule has 3 rings (SSSR count). The van der Waals surface area contributed by atoms with Crippen LogP contribution in [-0.4, -0.2) is 9.97 Å². The summed E-state index contributed by atoms with van der Waals surface area (Å²) in [6.07, 6.45) is 6.54. The maximum Gasteiger partial charge on any atom is 0.0753 e. The Labute approximate surface area is 130 Å². The molecule has 3 nitrogen and oxygen atoms in total. The van der Waals surface area contributed by atoms with E-state index < -0.39 is 0 Å². The van der Waals surface area contributed by atoms with Crippen molar-refractivity contribution in [1.82, 2.24) is 15.3 Å². The summed E-state index contributed by atoms with van der Waals surface area (Å²) in [6.45, 7) is 4.45. The van der Waals surface area contributed by atoms with E-state index >= 15 is 0 Å². The highest BCUT2D eigenvalue weighted by molar-refractivity contribution is 6.30. The normalized spacial score (nSPS) is 23.6. The van der Waals surface area contributed by atoms with E-state index in [2.05, 4.69) is 41.3 Å². The molecule has 1 aliphatic carbocycles. The third-order valence-corrected chi connectivity index (χ3v) is 4.54. The Kier molecular flexibility index (Phi) is 4.22. The summed E-state index contributed by atoms with van der Waals surface area (Å²) in [5.41, 5.74) is 2.27. The number of nitrogens with zero attached hydrogens (tertiary/aromatic N) is 2. The molecular formula is C17H20ClN3. The van der Waals surface area contributed by atoms with Crippen molar-refractivity contribution in [3.05, 3.63) is 59.1 Å². The summed E-state index contributed by atoms with van der Waals surface area (Å²) in [4.78, 5) is 8.55. The van der Waals surface area contributed by atoms with Crippen LogP contribution in [0.25, 0.3) is 0 Å². The minimum atomic E-state index is 0.173. The predicted octanol–water partition coefficient (Wildman–Crippen LogP) is 4.18. The van der Waals surface area contributed by atoms with Crippen LogP contribution in [0.15, 0.2) is 42.9 Å². The number of nitrogens with one attached hydrogen (secondary N) is 1. The highest BCUT2D eigenvalue weighted by Gasteiger charge is 2.40. The summed E-state index contributed by atoms with van der Waals surface area (Å²) < 4.78 is 0. The Bertz CT molecular complexity index is 585. The van der Waals surface area contributed by atoms with Crippen LogP contribution in [0.4, 0.5) is 0 Å². The fraction of sp³-hybridized carbons (Fsp3) is 0.412. The first-order valence-electron chi connectivity index (χ1n) is 7.42. The lowest BCUT2D eigenvalue weighted by Crippen LogP contribution is -2.27. The average Bonchev–Trinajstić information content (AvgIpc) is 3.23. The monoisotopic (exact) mass is 301 g/mol. The van der Waals surface area contributed by atoms with Crippen LogP contribution in [0.5, 0.6) is 0 Å². The maximum absolute atomic E-state index is 6.00. The van der Waals surface area contributed by atoms with Crippen LogP contribution < -0.4 is 5.32 Å². The van der Waals surface area contributed by atoms with Gasteiger partial charge in [-0.15, -0.1) is 0 Å². The van der Waals surface area contributed by atoms with Crippen LogP contribution in [-0.2, 0) is 0 Å². The first kappa shape index (κ1) is 14.5. The predicted molar refractivity (Wildman–Crippen MR) is 85.0 cm³/mol. The smallest absolute Gasteiger partial charge is 0.0753 e. The van der Waals surface area contributed by atoms with Gasteiger partial charge < -0.3 is 5.32 Å². The van der Waals surface area contributed by atoms with Crippen molar-refractivity contribution in [3.63, 3.8) is 0 Å². The zero-order valence-corrected chi connectivity index (χ0v) is 13.1. The van der Waals surface area contributed by atoms with Crippen LogP contribution in [0.2, 0.25) is 5.02 Å². The zero-order valence-electron chi connectivity index (χ0n) is 12.3. The topological polar surface area (TPSA) is 37.8 Å². The zero-order chi connectivity index (χ0) is 14.8. The molecule has 0 saturated heterocycles. The van der Waals surface area contributed by atoms with E-state index in [4.69, 9.17) is 11.6 Å². The molecule has 1 heterocycles. The van der Waals surface area contributed by atoms with Crippen LogP contribution in [0.1, 0.15) is 43.6 Å². The lowest BCUT2D eigenvalue weighted by atomic mass is 10.00. The number of hydrogen-bond acceptors (Lipinski definition) is 3. The second kappa shape index (κ2) is 6.12. The number of hydrogen-bond donors (Lipinski definition) is 1. The van der Waals surface area contributed by atoms with Gasteiger partial charge in [-0.05, 0) is 42.9 Å². The minimum absolute atomic E-state index is 0.173. The molecule has 0 bridgehead atoms. The van der Waals surface area contributed by atoms with E-state index in [1.807, 2.05) is 18.3 Å². The van der Waals surface area contributed by atoms with E-state index in [1.165, 1.54) is 12.0 Å². The van der Waals surface area contributed by atoms with Crippen molar-refractivity contribution in [1.29, 1.82) is 0 Å². The lowest BCUT2D eigenvalue weighted by molar-refractivity contribution is 0.409. The van der Waals surface area contributed by atoms with Gasteiger partial charge in [-0.2, -0.15) is 0 Å². The fourth-order valence-electron chi connectivity index (χ4n) is 2.84. The van der Waals surface area contributed by atoms with Crippen LogP contribution in [0.3, 0.4) is 0 Å². The third-order valence-electron chi connectivity index (χ3n) is 4.29. The number of aromatic nitrogens is 2. The van der Waals surface area contributed by atoms with Gasteiger partial charge in [0.25, 0.3) is 0 Å². The highest BCUT2D eigenvalue weighted by atomic mass is 35.5. The highest BCUT2D eigenvalue weighted by Crippen LogP contribution is 2.47. The third kappa shape index (κ3) is 3.42. The number of benzene rings is 1. The van der Waals surface area contributed by atoms with Gasteiger partial charge in [0.05, 0.1) is 5.69 Å². The maximum atomic E-state index is 6.00. The summed E-state index contributed by atoms with van der Waals surface area (Å²) in [5.74, 6) is 1.46. The minimum Gasteiger partial charge on any atom is -0.302 e. The Morgan fingerprint density at radius 2 is 1.95 bits per heavy atom. The van der Waals surface area contributed by atoms with Crippen molar-refractivity contribution in [2.75, 3.05) is 0 Å². The van der Waals surface area contributed by atoms with Crippen molar-refractivity contribution in [3.8, 4) is 0 Å². The summed E-state index contributed by atoms with van der Waals surface area (Å²) >= 11 is 6.00. The molecule has 1 aliphatic rings. The van der Waals surface area contributed by atoms with Crippen LogP contribution >= 0.6 is 11.6 Å². The van der Waals surface area contributed by atoms with Gasteiger partial charge in [0.15, 0.2) is 0 Å². The van der Waals surface area contributed by atoms with Gasteiger partial charge in [0.1, 0.15) is 0 Å². The molecule has 0 radical (unpaired) electrons. The molecule has 0 spiro atoms. The first-order chi connectivity index (χ1) is 10.1. The van der Waals surface area contributed by atoms with Crippen molar-refractivity contribution in [2.24, 2.45) is 11.8 Å². The van der Waals surface area contributed by atoms with Gasteiger partial charge in [0, 0.05) is 35.7 Å². The van der Waals surface area contributed by atoms with E-state index in [0.717, 1.165) is 16.6 Å². The van der Waals surface area contributed by atoms with Gasteiger partial charge in [0.2, 0.25) is 0 Å². The SMILES string of the molecule is CC(NC(c1ccc(Cl)cc1)C1CC1C)c1cnccn1. The molecule has 1 aromatic carbocycles. The standard InChI is InChI=1S/C17H20ClN3/c1-11-9-15(11)17(13-3-5-14(18)6-4-13)21-12(2)16-10-19-7-8-20-16/h3-8,10-12,15,17,21H,9H2,1-2H3. The first-order valence-corrected chi connectivity index (χ1v) is 7.80. The molecule has 1 saturated carbocycles. The Morgan fingerprint density at radius 3 is 2.52 bits per heavy atom. The molecule has 21 heavy (non-hydrogen) atoms. The molecule has 1 N–H and O–H groups in total. The van der Waals surface area contributed by atoms with E-state index in [9.17, 15) is 0 Å². The molecule has 110 valence electrons. The molecule has 4 unspecified atom stereocenters. The summed E-state index contributed by atoms with van der Waals surface area (Å²) in [5, 5.41) is 4.50. The van der Waals surface area contributed by atoms with E-state index in [-0.39, 0.29) is 6.04 Å². The van der Waals surface area contributed by atoms with E-state index in [1.54, 1.807) is 12.4 Å². The molecule has 0 aliphatic heterocycles. The quantitative estimate of drug-likeness (QED) is 0.900. The average molecular weight is 302 g/mol. The largest absolute Gasteiger partial charge is 0.302 e. The molecule has 0 amide bonds. The van der Waals surface area contributed by atoms with Gasteiger partial charge >= 0.3 is 0 Å². The number of halogens is 1. The molecule has 4 atom stereocenters. The Hall–Kier alpha value is -1.45. The van der Waals surface area contributed by atoms with Gasteiger partial charge in [-0.1, -0.05) is 30.7 Å². The molecule has 2 aromatic rings. The van der Waals surface area contributed by atoms with Crippen LogP contribution in [0, 0.1) is 11.8 Å². The summed E-state index contributed by atoms with van der Waals surface area (Å²) in [7, 11) is 0. The van der Waals surface area contributed by atoms with Crippen molar-refractivity contribution in [2.45, 2.75) is 32.4 Å². The lowest BCUT2D eigenvalue weighted by Gasteiger charge is -2.24. The molecule has 1 fully saturated rings. The number of rotatable bonds is 5. The summed E-state index contributed by atoms with van der Waals surface area (Å²) in [6, 6.07) is 8.68. The van der Waals surface area contributed by atoms with Crippen molar-refractivity contribution >= 4 is 11.6 Å². The molecule has 4 heteroatoms. The van der Waals surface area contributed by atoms with E-state index in [0.29, 0.717) is 12.0 Å². The van der Waals surface area contributed by atoms with Crippen molar-refractivity contribution < 1.29 is 0 Å². The fourth-order valence-corrected chi connectivity index (χ4v) is 2.97. The molecule has 1 aromatic heterocycles. The second-order valence-electron chi connectivity index (χ2n) is 5.92. The Morgan fingerprint density at radius 1 is 1.24 bits per heavy atom.